The van der Waals surface area contributed by atoms with E-state index in [4.69, 9.17) is 0 Å². The van der Waals surface area contributed by atoms with Crippen LogP contribution in [0.1, 0.15) is 27.2 Å². The van der Waals surface area contributed by atoms with Gasteiger partial charge in [0.1, 0.15) is 0 Å². The number of amides is 1. The van der Waals surface area contributed by atoms with Crippen LogP contribution in [0.25, 0.3) is 0 Å². The van der Waals surface area contributed by atoms with Gasteiger partial charge in [-0.25, -0.2) is 0 Å². The first-order valence-corrected chi connectivity index (χ1v) is 5.08. The van der Waals surface area contributed by atoms with E-state index in [1.807, 2.05) is 4.90 Å². The van der Waals surface area contributed by atoms with Gasteiger partial charge in [-0.2, -0.15) is 0 Å². The summed E-state index contributed by atoms with van der Waals surface area (Å²) in [7, 11) is 0. The Kier molecular flexibility index (Phi) is 3.72. The number of rotatable bonds is 3. The highest BCUT2D eigenvalue weighted by Gasteiger charge is 2.23. The van der Waals surface area contributed by atoms with E-state index in [9.17, 15) is 4.79 Å². The molecule has 0 radical (unpaired) electrons. The third-order valence-electron chi connectivity index (χ3n) is 2.45. The molecule has 3 heteroatoms. The first kappa shape index (κ1) is 10.5. The number of carbonyl (C=O) groups excluding carboxylic acids is 1. The fourth-order valence-corrected chi connectivity index (χ4v) is 1.62. The summed E-state index contributed by atoms with van der Waals surface area (Å²) in [5.74, 6) is 0.889. The van der Waals surface area contributed by atoms with Crippen LogP contribution in [0.3, 0.4) is 0 Å². The van der Waals surface area contributed by atoms with Crippen molar-refractivity contribution in [3.8, 4) is 0 Å². The summed E-state index contributed by atoms with van der Waals surface area (Å²) in [4.78, 5) is 12.9. The molecule has 1 fully saturated rings. The number of hydrogen-bond donors (Lipinski definition) is 1. The van der Waals surface area contributed by atoms with Crippen molar-refractivity contribution in [2.75, 3.05) is 19.6 Å². The van der Waals surface area contributed by atoms with Crippen LogP contribution in [0.4, 0.5) is 0 Å². The summed E-state index contributed by atoms with van der Waals surface area (Å²) >= 11 is 0. The van der Waals surface area contributed by atoms with Gasteiger partial charge in [-0.15, -0.1) is 0 Å². The molecule has 1 N–H and O–H groups in total. The fourth-order valence-electron chi connectivity index (χ4n) is 1.62. The molecule has 1 amide bonds. The molecule has 1 heterocycles. The average Bonchev–Trinajstić information content (AvgIpc) is 2.48. The number of nitrogens with one attached hydrogen (secondary N) is 1. The topological polar surface area (TPSA) is 32.3 Å². The second-order valence-electron chi connectivity index (χ2n) is 4.25. The lowest BCUT2D eigenvalue weighted by atomic mass is 10.2. The zero-order valence-corrected chi connectivity index (χ0v) is 8.84. The Hall–Kier alpha value is -0.570. The summed E-state index contributed by atoms with van der Waals surface area (Å²) in [6.45, 7) is 8.91. The monoisotopic (exact) mass is 184 g/mol. The van der Waals surface area contributed by atoms with E-state index in [1.165, 1.54) is 0 Å². The fraction of sp³-hybridized carbons (Fsp3) is 0.900. The van der Waals surface area contributed by atoms with Crippen LogP contribution in [-0.4, -0.2) is 36.5 Å². The molecule has 0 bridgehead atoms. The largest absolute Gasteiger partial charge is 0.341 e. The SMILES string of the molecule is CC(=O)N1CC[C@@H](NCC(C)C)C1. The number of nitrogens with zero attached hydrogens (tertiary/aromatic N) is 1. The van der Waals surface area contributed by atoms with Crippen LogP contribution in [-0.2, 0) is 4.79 Å². The molecule has 1 saturated heterocycles. The lowest BCUT2D eigenvalue weighted by molar-refractivity contribution is -0.127. The van der Waals surface area contributed by atoms with Gasteiger partial charge in [-0.1, -0.05) is 13.8 Å². The number of likely N-dealkylation sites (tertiary alicyclic amines) is 1. The summed E-state index contributed by atoms with van der Waals surface area (Å²) in [6, 6.07) is 0.520. The normalized spacial score (nSPS) is 22.8. The van der Waals surface area contributed by atoms with E-state index in [1.54, 1.807) is 6.92 Å². The third-order valence-corrected chi connectivity index (χ3v) is 2.45. The molecule has 0 unspecified atom stereocenters. The molecule has 0 spiro atoms. The summed E-state index contributed by atoms with van der Waals surface area (Å²) in [6.07, 6.45) is 1.10. The summed E-state index contributed by atoms with van der Waals surface area (Å²) < 4.78 is 0. The minimum atomic E-state index is 0.203. The van der Waals surface area contributed by atoms with Crippen molar-refractivity contribution in [1.82, 2.24) is 10.2 Å². The maximum atomic E-state index is 11.0. The molecule has 0 aromatic rings. The average molecular weight is 184 g/mol. The van der Waals surface area contributed by atoms with Crippen molar-refractivity contribution < 1.29 is 4.79 Å². The quantitative estimate of drug-likeness (QED) is 0.705. The van der Waals surface area contributed by atoms with Gasteiger partial charge in [-0.3, -0.25) is 4.79 Å². The van der Waals surface area contributed by atoms with Crippen molar-refractivity contribution in [3.05, 3.63) is 0 Å². The second kappa shape index (κ2) is 4.61. The van der Waals surface area contributed by atoms with Gasteiger partial charge in [-0.05, 0) is 18.9 Å². The Morgan fingerprint density at radius 3 is 2.77 bits per heavy atom. The molecular weight excluding hydrogens is 164 g/mol. The molecule has 0 aliphatic carbocycles. The molecule has 1 atom stereocenters. The Morgan fingerprint density at radius 1 is 1.62 bits per heavy atom. The van der Waals surface area contributed by atoms with Crippen LogP contribution < -0.4 is 5.32 Å². The summed E-state index contributed by atoms with van der Waals surface area (Å²) in [5.41, 5.74) is 0. The van der Waals surface area contributed by atoms with Crippen molar-refractivity contribution in [2.24, 2.45) is 5.92 Å². The predicted molar refractivity (Wildman–Crippen MR) is 53.5 cm³/mol. The molecule has 3 nitrogen and oxygen atoms in total. The molecule has 13 heavy (non-hydrogen) atoms. The van der Waals surface area contributed by atoms with Gasteiger partial charge < -0.3 is 10.2 Å². The highest BCUT2D eigenvalue weighted by atomic mass is 16.2. The van der Waals surface area contributed by atoms with Crippen LogP contribution in [0.15, 0.2) is 0 Å². The van der Waals surface area contributed by atoms with Gasteiger partial charge in [0, 0.05) is 26.1 Å². The van der Waals surface area contributed by atoms with E-state index in [2.05, 4.69) is 19.2 Å². The van der Waals surface area contributed by atoms with Gasteiger partial charge in [0.15, 0.2) is 0 Å². The van der Waals surface area contributed by atoms with Crippen LogP contribution in [0, 0.1) is 5.92 Å². The first-order chi connectivity index (χ1) is 6.09. The lowest BCUT2D eigenvalue weighted by Gasteiger charge is -2.16. The molecule has 1 aliphatic rings. The standard InChI is InChI=1S/C10H20N2O/c1-8(2)6-11-10-4-5-12(7-10)9(3)13/h8,10-11H,4-7H2,1-3H3/t10-/m1/s1. The molecule has 0 aromatic heterocycles. The Labute approximate surface area is 80.5 Å². The van der Waals surface area contributed by atoms with Crippen molar-refractivity contribution in [1.29, 1.82) is 0 Å². The molecule has 1 aliphatic heterocycles. The van der Waals surface area contributed by atoms with Crippen molar-refractivity contribution >= 4 is 5.91 Å². The highest BCUT2D eigenvalue weighted by Crippen LogP contribution is 2.09. The smallest absolute Gasteiger partial charge is 0.219 e. The maximum Gasteiger partial charge on any atom is 0.219 e. The van der Waals surface area contributed by atoms with Gasteiger partial charge in [0.05, 0.1) is 0 Å². The second-order valence-corrected chi connectivity index (χ2v) is 4.25. The molecule has 76 valence electrons. The maximum absolute atomic E-state index is 11.0. The van der Waals surface area contributed by atoms with E-state index in [-0.39, 0.29) is 5.91 Å². The van der Waals surface area contributed by atoms with Gasteiger partial charge in [0.2, 0.25) is 5.91 Å². The Morgan fingerprint density at radius 2 is 2.31 bits per heavy atom. The van der Waals surface area contributed by atoms with E-state index in [0.29, 0.717) is 12.0 Å². The van der Waals surface area contributed by atoms with Gasteiger partial charge >= 0.3 is 0 Å². The molecule has 1 rings (SSSR count). The van der Waals surface area contributed by atoms with Crippen LogP contribution in [0.5, 0.6) is 0 Å². The van der Waals surface area contributed by atoms with Crippen LogP contribution >= 0.6 is 0 Å². The molecule has 0 aromatic carbocycles. The number of carbonyl (C=O) groups is 1. The van der Waals surface area contributed by atoms with Crippen molar-refractivity contribution in [3.63, 3.8) is 0 Å². The predicted octanol–water partition coefficient (Wildman–Crippen LogP) is 0.853. The lowest BCUT2D eigenvalue weighted by Crippen LogP contribution is -2.35. The highest BCUT2D eigenvalue weighted by molar-refractivity contribution is 5.73. The minimum Gasteiger partial charge on any atom is -0.341 e. The Balaban J connectivity index is 2.21. The minimum absolute atomic E-state index is 0.203. The van der Waals surface area contributed by atoms with Gasteiger partial charge in [0.25, 0.3) is 0 Å². The zero-order chi connectivity index (χ0) is 9.84. The molecule has 0 saturated carbocycles. The zero-order valence-electron chi connectivity index (χ0n) is 8.84. The van der Waals surface area contributed by atoms with E-state index >= 15 is 0 Å². The van der Waals surface area contributed by atoms with E-state index < -0.39 is 0 Å². The van der Waals surface area contributed by atoms with Crippen LogP contribution in [0.2, 0.25) is 0 Å². The van der Waals surface area contributed by atoms with E-state index in [0.717, 1.165) is 26.1 Å². The first-order valence-electron chi connectivity index (χ1n) is 5.08. The van der Waals surface area contributed by atoms with Crippen molar-refractivity contribution in [2.45, 2.75) is 33.2 Å². The summed E-state index contributed by atoms with van der Waals surface area (Å²) in [5, 5.41) is 3.47. The molecular formula is C10H20N2O. The third kappa shape index (κ3) is 3.35. The Bertz CT molecular complexity index is 180. The number of hydrogen-bond acceptors (Lipinski definition) is 2.